The largest absolute Gasteiger partial charge is 0.493 e. The van der Waals surface area contributed by atoms with Crippen LogP contribution in [0.5, 0.6) is 11.5 Å². The SMILES string of the molecule is COc1cc(C(=O)N2CCCN(CC3CCCCC3)CC2)ccc1OC(F)F. The molecule has 1 aliphatic carbocycles. The van der Waals surface area contributed by atoms with Gasteiger partial charge in [0, 0.05) is 31.7 Å². The van der Waals surface area contributed by atoms with Crippen molar-refractivity contribution in [3.63, 3.8) is 0 Å². The molecule has 5 nitrogen and oxygen atoms in total. The first-order valence-corrected chi connectivity index (χ1v) is 10.2. The molecular formula is C21H30F2N2O3. The van der Waals surface area contributed by atoms with Crippen LogP contribution in [0.3, 0.4) is 0 Å². The molecule has 28 heavy (non-hydrogen) atoms. The van der Waals surface area contributed by atoms with Crippen LogP contribution in [-0.2, 0) is 0 Å². The van der Waals surface area contributed by atoms with Crippen molar-refractivity contribution >= 4 is 5.91 Å². The maximum absolute atomic E-state index is 12.9. The Morgan fingerprint density at radius 2 is 1.86 bits per heavy atom. The van der Waals surface area contributed by atoms with Crippen molar-refractivity contribution in [2.45, 2.75) is 45.1 Å². The van der Waals surface area contributed by atoms with Gasteiger partial charge in [-0.2, -0.15) is 8.78 Å². The molecule has 0 bridgehead atoms. The number of carbonyl (C=O) groups excluding carboxylic acids is 1. The topological polar surface area (TPSA) is 42.0 Å². The van der Waals surface area contributed by atoms with Gasteiger partial charge in [-0.1, -0.05) is 19.3 Å². The molecule has 0 N–H and O–H groups in total. The van der Waals surface area contributed by atoms with Gasteiger partial charge in [-0.15, -0.1) is 0 Å². The molecule has 7 heteroatoms. The Morgan fingerprint density at radius 1 is 1.07 bits per heavy atom. The van der Waals surface area contributed by atoms with Crippen LogP contribution < -0.4 is 9.47 Å². The van der Waals surface area contributed by atoms with Crippen molar-refractivity contribution < 1.29 is 23.0 Å². The normalized spacial score (nSPS) is 19.5. The van der Waals surface area contributed by atoms with Crippen LogP contribution in [0, 0.1) is 5.92 Å². The number of methoxy groups -OCH3 is 1. The van der Waals surface area contributed by atoms with Crippen LogP contribution in [0.4, 0.5) is 8.78 Å². The Kier molecular flexibility index (Phi) is 7.48. The fourth-order valence-corrected chi connectivity index (χ4v) is 4.27. The number of nitrogens with zero attached hydrogens (tertiary/aromatic N) is 2. The van der Waals surface area contributed by atoms with E-state index in [2.05, 4.69) is 9.64 Å². The predicted molar refractivity (Wildman–Crippen MR) is 103 cm³/mol. The van der Waals surface area contributed by atoms with Crippen LogP contribution in [0.25, 0.3) is 0 Å². The molecule has 0 radical (unpaired) electrons. The smallest absolute Gasteiger partial charge is 0.387 e. The van der Waals surface area contributed by atoms with Gasteiger partial charge in [0.1, 0.15) is 0 Å². The highest BCUT2D eigenvalue weighted by Gasteiger charge is 2.24. The minimum absolute atomic E-state index is 0.0661. The summed E-state index contributed by atoms with van der Waals surface area (Å²) < 4.78 is 34.5. The number of alkyl halides is 2. The number of hydrogen-bond acceptors (Lipinski definition) is 4. The van der Waals surface area contributed by atoms with Gasteiger partial charge in [0.15, 0.2) is 11.5 Å². The zero-order valence-electron chi connectivity index (χ0n) is 16.5. The fourth-order valence-electron chi connectivity index (χ4n) is 4.27. The third-order valence-corrected chi connectivity index (χ3v) is 5.74. The molecule has 2 aliphatic rings. The number of halogens is 2. The Morgan fingerprint density at radius 3 is 2.57 bits per heavy atom. The molecule has 1 aliphatic heterocycles. The van der Waals surface area contributed by atoms with E-state index in [1.165, 1.54) is 57.4 Å². The molecule has 1 amide bonds. The summed E-state index contributed by atoms with van der Waals surface area (Å²) in [6, 6.07) is 4.36. The van der Waals surface area contributed by atoms with Gasteiger partial charge in [-0.25, -0.2) is 0 Å². The lowest BCUT2D eigenvalue weighted by Crippen LogP contribution is -2.36. The first-order valence-electron chi connectivity index (χ1n) is 10.2. The predicted octanol–water partition coefficient (Wildman–Crippen LogP) is 4.02. The van der Waals surface area contributed by atoms with Crippen LogP contribution in [-0.4, -0.2) is 62.2 Å². The van der Waals surface area contributed by atoms with E-state index in [1.807, 2.05) is 4.90 Å². The Hall–Kier alpha value is -1.89. The van der Waals surface area contributed by atoms with Crippen molar-refractivity contribution in [2.24, 2.45) is 5.92 Å². The fraction of sp³-hybridized carbons (Fsp3) is 0.667. The third kappa shape index (κ3) is 5.56. The van der Waals surface area contributed by atoms with E-state index in [1.54, 1.807) is 0 Å². The molecule has 1 saturated heterocycles. The average molecular weight is 396 g/mol. The van der Waals surface area contributed by atoms with Crippen LogP contribution in [0.2, 0.25) is 0 Å². The van der Waals surface area contributed by atoms with E-state index in [-0.39, 0.29) is 17.4 Å². The lowest BCUT2D eigenvalue weighted by Gasteiger charge is -2.28. The third-order valence-electron chi connectivity index (χ3n) is 5.74. The Balaban J connectivity index is 1.59. The van der Waals surface area contributed by atoms with Gasteiger partial charge in [-0.05, 0) is 49.9 Å². The van der Waals surface area contributed by atoms with Gasteiger partial charge in [-0.3, -0.25) is 4.79 Å². The number of ether oxygens (including phenoxy) is 2. The second-order valence-electron chi connectivity index (χ2n) is 7.69. The molecule has 1 heterocycles. The van der Waals surface area contributed by atoms with Gasteiger partial charge in [0.2, 0.25) is 0 Å². The highest BCUT2D eigenvalue weighted by molar-refractivity contribution is 5.95. The summed E-state index contributed by atoms with van der Waals surface area (Å²) >= 11 is 0. The quantitative estimate of drug-likeness (QED) is 0.728. The maximum Gasteiger partial charge on any atom is 0.387 e. The summed E-state index contributed by atoms with van der Waals surface area (Å²) in [4.78, 5) is 17.3. The lowest BCUT2D eigenvalue weighted by molar-refractivity contribution is -0.0512. The molecule has 156 valence electrons. The highest BCUT2D eigenvalue weighted by atomic mass is 19.3. The summed E-state index contributed by atoms with van der Waals surface area (Å²) in [5, 5.41) is 0. The molecule has 1 aromatic rings. The van der Waals surface area contributed by atoms with Gasteiger partial charge >= 0.3 is 6.61 Å². The molecule has 0 spiro atoms. The van der Waals surface area contributed by atoms with Crippen LogP contribution in [0.1, 0.15) is 48.9 Å². The number of benzene rings is 1. The summed E-state index contributed by atoms with van der Waals surface area (Å²) in [5.41, 5.74) is 0.430. The highest BCUT2D eigenvalue weighted by Crippen LogP contribution is 2.30. The van der Waals surface area contributed by atoms with E-state index in [4.69, 9.17) is 4.74 Å². The van der Waals surface area contributed by atoms with Gasteiger partial charge < -0.3 is 19.3 Å². The number of carbonyl (C=O) groups is 1. The van der Waals surface area contributed by atoms with Crippen LogP contribution >= 0.6 is 0 Å². The number of rotatable bonds is 6. The summed E-state index contributed by atoms with van der Waals surface area (Å²) in [5.74, 6) is 0.771. The minimum atomic E-state index is -2.93. The molecular weight excluding hydrogens is 366 g/mol. The van der Waals surface area contributed by atoms with Crippen molar-refractivity contribution in [3.8, 4) is 11.5 Å². The number of amides is 1. The molecule has 1 saturated carbocycles. The van der Waals surface area contributed by atoms with E-state index < -0.39 is 6.61 Å². The van der Waals surface area contributed by atoms with Crippen molar-refractivity contribution in [2.75, 3.05) is 39.8 Å². The molecule has 0 unspecified atom stereocenters. The van der Waals surface area contributed by atoms with E-state index >= 15 is 0 Å². The Bertz CT molecular complexity index is 651. The van der Waals surface area contributed by atoms with Gasteiger partial charge in [0.05, 0.1) is 7.11 Å². The average Bonchev–Trinajstić information content (AvgIpc) is 2.93. The molecule has 3 rings (SSSR count). The summed E-state index contributed by atoms with van der Waals surface area (Å²) in [7, 11) is 1.37. The van der Waals surface area contributed by atoms with Crippen molar-refractivity contribution in [3.05, 3.63) is 23.8 Å². The maximum atomic E-state index is 12.9. The standard InChI is InChI=1S/C21H30F2N2O3/c1-27-19-14-17(8-9-18(19)28-21(22)23)20(26)25-11-5-10-24(12-13-25)15-16-6-3-2-4-7-16/h8-9,14,16,21H,2-7,10-13,15H2,1H3. The first-order chi connectivity index (χ1) is 13.6. The second kappa shape index (κ2) is 10.0. The first kappa shape index (κ1) is 20.8. The summed E-state index contributed by atoms with van der Waals surface area (Å²) in [6.07, 6.45) is 7.65. The monoisotopic (exact) mass is 396 g/mol. The van der Waals surface area contributed by atoms with E-state index in [9.17, 15) is 13.6 Å². The van der Waals surface area contributed by atoms with Crippen molar-refractivity contribution in [1.29, 1.82) is 0 Å². The zero-order valence-corrected chi connectivity index (χ0v) is 16.5. The molecule has 1 aromatic carbocycles. The Labute approximate surface area is 165 Å². The number of hydrogen-bond donors (Lipinski definition) is 0. The minimum Gasteiger partial charge on any atom is -0.493 e. The molecule has 2 fully saturated rings. The molecule has 0 aromatic heterocycles. The van der Waals surface area contributed by atoms with Gasteiger partial charge in [0.25, 0.3) is 5.91 Å². The second-order valence-corrected chi connectivity index (χ2v) is 7.69. The van der Waals surface area contributed by atoms with Crippen molar-refractivity contribution in [1.82, 2.24) is 9.80 Å². The van der Waals surface area contributed by atoms with E-state index in [0.717, 1.165) is 32.0 Å². The van der Waals surface area contributed by atoms with E-state index in [0.29, 0.717) is 18.7 Å². The lowest BCUT2D eigenvalue weighted by atomic mass is 9.89. The van der Waals surface area contributed by atoms with Crippen LogP contribution in [0.15, 0.2) is 18.2 Å². The zero-order chi connectivity index (χ0) is 19.9. The summed E-state index contributed by atoms with van der Waals surface area (Å²) in [6.45, 7) is 1.49. The molecule has 0 atom stereocenters.